The number of methoxy groups -OCH3 is 1. The van der Waals surface area contributed by atoms with E-state index in [4.69, 9.17) is 10.00 Å². The summed E-state index contributed by atoms with van der Waals surface area (Å²) >= 11 is 0. The zero-order valence-electron chi connectivity index (χ0n) is 17.9. The number of nitriles is 1. The van der Waals surface area contributed by atoms with Gasteiger partial charge in [-0.2, -0.15) is 23.5 Å². The molecule has 10 heteroatoms. The number of piperidine rings is 1. The van der Waals surface area contributed by atoms with E-state index in [9.17, 15) is 18.0 Å². The fraction of sp³-hybridized carbons (Fsp3) is 0.500. The molecule has 1 aromatic carbocycles. The summed E-state index contributed by atoms with van der Waals surface area (Å²) < 4.78 is 47.4. The van der Waals surface area contributed by atoms with Gasteiger partial charge in [0.25, 0.3) is 5.91 Å². The van der Waals surface area contributed by atoms with E-state index in [-0.39, 0.29) is 11.8 Å². The zero-order chi connectivity index (χ0) is 23.1. The van der Waals surface area contributed by atoms with Gasteiger partial charge in [-0.3, -0.25) is 9.48 Å². The number of amides is 1. The van der Waals surface area contributed by atoms with Gasteiger partial charge in [0.1, 0.15) is 5.69 Å². The Morgan fingerprint density at radius 2 is 2.12 bits per heavy atom. The fourth-order valence-electron chi connectivity index (χ4n) is 5.05. The maximum Gasteiger partial charge on any atom is 0.417 e. The average Bonchev–Trinajstić information content (AvgIpc) is 3.35. The lowest BCUT2D eigenvalue weighted by atomic mass is 9.74. The van der Waals surface area contributed by atoms with Crippen LogP contribution in [0.2, 0.25) is 0 Å². The molecule has 2 aromatic rings. The van der Waals surface area contributed by atoms with Crippen LogP contribution in [0.3, 0.4) is 0 Å². The highest BCUT2D eigenvalue weighted by molar-refractivity contribution is 5.92. The molecule has 0 saturated carbocycles. The minimum Gasteiger partial charge on any atom is -0.384 e. The molecule has 1 amide bonds. The third-order valence-corrected chi connectivity index (χ3v) is 6.62. The van der Waals surface area contributed by atoms with E-state index >= 15 is 0 Å². The molecule has 2 fully saturated rings. The van der Waals surface area contributed by atoms with Crippen LogP contribution in [-0.4, -0.2) is 60.5 Å². The number of halogens is 3. The van der Waals surface area contributed by atoms with Crippen molar-refractivity contribution in [1.29, 1.82) is 5.26 Å². The minimum atomic E-state index is -4.61. The molecule has 2 saturated heterocycles. The van der Waals surface area contributed by atoms with E-state index < -0.39 is 22.7 Å². The number of aryl methyl sites for hydroxylation is 1. The average molecular weight is 447 g/mol. The predicted molar refractivity (Wildman–Crippen MR) is 110 cm³/mol. The molecule has 0 radical (unpaired) electrons. The summed E-state index contributed by atoms with van der Waals surface area (Å²) in [5.74, 6) is 0.0538. The molecule has 0 unspecified atom stereocenters. The van der Waals surface area contributed by atoms with E-state index in [1.54, 1.807) is 43.5 Å². The monoisotopic (exact) mass is 447 g/mol. The number of aromatic nitrogens is 2. The quantitative estimate of drug-likeness (QED) is 0.721. The first-order valence-electron chi connectivity index (χ1n) is 10.3. The molecule has 2 aliphatic heterocycles. The number of hydrogen-bond donors (Lipinski definition) is 0. The molecule has 2 aliphatic rings. The Labute approximate surface area is 184 Å². The summed E-state index contributed by atoms with van der Waals surface area (Å²) in [6, 6.07) is 7.13. The van der Waals surface area contributed by atoms with Crippen molar-refractivity contribution in [2.75, 3.05) is 44.8 Å². The van der Waals surface area contributed by atoms with Crippen molar-refractivity contribution >= 4 is 11.6 Å². The number of rotatable bonds is 4. The standard InChI is InChI=1S/C22H24F3N5O2/c1-28-19(5-7-27-28)20(31)29-8-6-16-11-30(13-21(16,12-29)14-32-2)17-4-3-15(10-26)18(9-17)22(23,24)25/h3-5,7,9,16H,6,8,11-14H2,1-2H3/t16-,21+/m1/s1. The molecular formula is C22H24F3N5O2. The highest BCUT2D eigenvalue weighted by Crippen LogP contribution is 2.45. The molecule has 2 atom stereocenters. The third kappa shape index (κ3) is 3.81. The van der Waals surface area contributed by atoms with Crippen LogP contribution in [0.25, 0.3) is 0 Å². The van der Waals surface area contributed by atoms with Gasteiger partial charge in [0, 0.05) is 57.6 Å². The number of nitrogens with zero attached hydrogens (tertiary/aromatic N) is 5. The van der Waals surface area contributed by atoms with Gasteiger partial charge in [-0.15, -0.1) is 0 Å². The van der Waals surface area contributed by atoms with Crippen LogP contribution in [0.4, 0.5) is 18.9 Å². The van der Waals surface area contributed by atoms with Gasteiger partial charge in [-0.1, -0.05) is 0 Å². The van der Waals surface area contributed by atoms with E-state index in [2.05, 4.69) is 5.10 Å². The highest BCUT2D eigenvalue weighted by Gasteiger charge is 2.51. The molecule has 170 valence electrons. The summed E-state index contributed by atoms with van der Waals surface area (Å²) in [4.78, 5) is 16.8. The third-order valence-electron chi connectivity index (χ3n) is 6.62. The first-order valence-corrected chi connectivity index (χ1v) is 10.3. The fourth-order valence-corrected chi connectivity index (χ4v) is 5.05. The van der Waals surface area contributed by atoms with Crippen molar-refractivity contribution < 1.29 is 22.7 Å². The number of fused-ring (bicyclic) bond motifs is 1. The van der Waals surface area contributed by atoms with Gasteiger partial charge in [-0.05, 0) is 36.6 Å². The Kier molecular flexibility index (Phi) is 5.63. The van der Waals surface area contributed by atoms with Gasteiger partial charge < -0.3 is 14.5 Å². The van der Waals surface area contributed by atoms with Crippen molar-refractivity contribution in [1.82, 2.24) is 14.7 Å². The van der Waals surface area contributed by atoms with Crippen molar-refractivity contribution in [2.45, 2.75) is 12.6 Å². The maximum absolute atomic E-state index is 13.5. The Morgan fingerprint density at radius 1 is 1.34 bits per heavy atom. The number of carbonyl (C=O) groups excluding carboxylic acids is 1. The van der Waals surface area contributed by atoms with Crippen LogP contribution in [0.15, 0.2) is 30.5 Å². The largest absolute Gasteiger partial charge is 0.417 e. The van der Waals surface area contributed by atoms with Gasteiger partial charge >= 0.3 is 6.18 Å². The van der Waals surface area contributed by atoms with E-state index in [0.29, 0.717) is 44.2 Å². The molecule has 0 spiro atoms. The van der Waals surface area contributed by atoms with Crippen molar-refractivity contribution in [2.24, 2.45) is 18.4 Å². The Hall–Kier alpha value is -3.06. The summed E-state index contributed by atoms with van der Waals surface area (Å²) in [5.41, 5.74) is -0.801. The summed E-state index contributed by atoms with van der Waals surface area (Å²) in [7, 11) is 3.31. The van der Waals surface area contributed by atoms with Gasteiger partial charge in [0.15, 0.2) is 0 Å². The Morgan fingerprint density at radius 3 is 2.75 bits per heavy atom. The number of anilines is 1. The lowest BCUT2D eigenvalue weighted by Crippen LogP contribution is -2.53. The molecule has 1 aromatic heterocycles. The van der Waals surface area contributed by atoms with Crippen LogP contribution in [-0.2, 0) is 18.0 Å². The summed E-state index contributed by atoms with van der Waals surface area (Å²) in [5, 5.41) is 13.1. The summed E-state index contributed by atoms with van der Waals surface area (Å²) in [6.07, 6.45) is -2.30. The second-order valence-corrected chi connectivity index (χ2v) is 8.57. The maximum atomic E-state index is 13.5. The second-order valence-electron chi connectivity index (χ2n) is 8.57. The van der Waals surface area contributed by atoms with Crippen molar-refractivity contribution in [3.63, 3.8) is 0 Å². The number of likely N-dealkylation sites (tertiary alicyclic amines) is 1. The molecule has 7 nitrogen and oxygen atoms in total. The van der Waals surface area contributed by atoms with E-state index in [1.165, 1.54) is 10.7 Å². The Bertz CT molecular complexity index is 1060. The van der Waals surface area contributed by atoms with Crippen molar-refractivity contribution in [3.8, 4) is 6.07 Å². The van der Waals surface area contributed by atoms with Crippen LogP contribution in [0, 0.1) is 22.7 Å². The van der Waals surface area contributed by atoms with Gasteiger partial charge in [0.2, 0.25) is 0 Å². The molecule has 0 N–H and O–H groups in total. The number of benzene rings is 1. The minimum absolute atomic E-state index is 0.116. The first-order chi connectivity index (χ1) is 15.2. The van der Waals surface area contributed by atoms with Crippen LogP contribution in [0.5, 0.6) is 0 Å². The smallest absolute Gasteiger partial charge is 0.384 e. The topological polar surface area (TPSA) is 74.4 Å². The van der Waals surface area contributed by atoms with Crippen molar-refractivity contribution in [3.05, 3.63) is 47.3 Å². The highest BCUT2D eigenvalue weighted by atomic mass is 19.4. The lowest BCUT2D eigenvalue weighted by Gasteiger charge is -2.43. The van der Waals surface area contributed by atoms with Crippen LogP contribution < -0.4 is 4.90 Å². The number of hydrogen-bond acceptors (Lipinski definition) is 5. The van der Waals surface area contributed by atoms with Gasteiger partial charge in [0.05, 0.1) is 23.8 Å². The molecule has 4 rings (SSSR count). The molecule has 32 heavy (non-hydrogen) atoms. The first kappa shape index (κ1) is 22.1. The SMILES string of the molecule is COC[C@@]12CN(C(=O)c3ccnn3C)CC[C@@H]1CN(c1ccc(C#N)c(C(F)(F)F)c1)C2. The summed E-state index contributed by atoms with van der Waals surface area (Å²) in [6.45, 7) is 2.44. The lowest BCUT2D eigenvalue weighted by molar-refractivity contribution is -0.137. The second kappa shape index (κ2) is 8.13. The number of ether oxygens (including phenoxy) is 1. The Balaban J connectivity index is 1.61. The van der Waals surface area contributed by atoms with E-state index in [1.807, 2.05) is 4.90 Å². The predicted octanol–water partition coefficient (Wildman–Crippen LogP) is 2.93. The normalized spacial score (nSPS) is 23.2. The number of carbonyl (C=O) groups is 1. The molecule has 3 heterocycles. The molecule has 0 bridgehead atoms. The van der Waals surface area contributed by atoms with Crippen LogP contribution >= 0.6 is 0 Å². The molecule has 0 aliphatic carbocycles. The zero-order valence-corrected chi connectivity index (χ0v) is 17.9. The molecular weight excluding hydrogens is 423 g/mol. The van der Waals surface area contributed by atoms with Crippen LogP contribution in [0.1, 0.15) is 28.0 Å². The van der Waals surface area contributed by atoms with E-state index in [0.717, 1.165) is 12.5 Å². The van der Waals surface area contributed by atoms with Gasteiger partial charge in [-0.25, -0.2) is 0 Å². The number of alkyl halides is 3.